The molecule has 1 aliphatic rings. The SMILES string of the molecule is CCOC(=O)C1=C(C)N=c2s/c(=C\c3ccc(-c4cccc([N+](=O)[O-])c4)o3)c(=O)n2C1c1ccccc1. The summed E-state index contributed by atoms with van der Waals surface area (Å²) in [6.07, 6.45) is 1.61. The summed E-state index contributed by atoms with van der Waals surface area (Å²) >= 11 is 1.19. The van der Waals surface area contributed by atoms with E-state index in [1.165, 1.54) is 28.0 Å². The summed E-state index contributed by atoms with van der Waals surface area (Å²) in [4.78, 5) is 42.2. The Morgan fingerprint density at radius 3 is 2.70 bits per heavy atom. The highest BCUT2D eigenvalue weighted by Crippen LogP contribution is 2.30. The minimum Gasteiger partial charge on any atom is -0.463 e. The Balaban J connectivity index is 1.61. The van der Waals surface area contributed by atoms with Gasteiger partial charge in [0.1, 0.15) is 11.5 Å². The number of hydrogen-bond acceptors (Lipinski definition) is 8. The van der Waals surface area contributed by atoms with Crippen molar-refractivity contribution >= 4 is 29.1 Å². The molecule has 1 unspecified atom stereocenters. The molecule has 0 radical (unpaired) electrons. The first kappa shape index (κ1) is 24.1. The predicted octanol–water partition coefficient (Wildman–Crippen LogP) is 3.97. The maximum absolute atomic E-state index is 13.6. The van der Waals surface area contributed by atoms with E-state index in [9.17, 15) is 19.7 Å². The topological polar surface area (TPSA) is 117 Å². The number of esters is 1. The van der Waals surface area contributed by atoms with Gasteiger partial charge >= 0.3 is 5.97 Å². The molecule has 10 heteroatoms. The van der Waals surface area contributed by atoms with Gasteiger partial charge in [-0.3, -0.25) is 19.5 Å². The Bertz CT molecular complexity index is 1730. The third kappa shape index (κ3) is 4.54. The molecule has 1 aliphatic heterocycles. The minimum absolute atomic E-state index is 0.0440. The average Bonchev–Trinajstić information content (AvgIpc) is 3.48. The smallest absolute Gasteiger partial charge is 0.338 e. The lowest BCUT2D eigenvalue weighted by molar-refractivity contribution is -0.384. The molecular formula is C27H21N3O6S. The number of nitro groups is 1. The number of fused-ring (bicyclic) bond motifs is 1. The lowest BCUT2D eigenvalue weighted by atomic mass is 9.96. The van der Waals surface area contributed by atoms with Gasteiger partial charge in [0.25, 0.3) is 11.2 Å². The summed E-state index contributed by atoms with van der Waals surface area (Å²) in [5.41, 5.74) is 1.76. The van der Waals surface area contributed by atoms with Crippen LogP contribution in [0.4, 0.5) is 5.69 Å². The second-order valence-electron chi connectivity index (χ2n) is 8.22. The van der Waals surface area contributed by atoms with Gasteiger partial charge in [-0.05, 0) is 31.5 Å². The van der Waals surface area contributed by atoms with Crippen LogP contribution in [-0.4, -0.2) is 22.1 Å². The molecule has 186 valence electrons. The van der Waals surface area contributed by atoms with Crippen molar-refractivity contribution in [2.24, 2.45) is 4.99 Å². The summed E-state index contributed by atoms with van der Waals surface area (Å²) in [6, 6.07) is 18.1. The molecule has 0 amide bonds. The van der Waals surface area contributed by atoms with Crippen LogP contribution in [0, 0.1) is 10.1 Å². The molecule has 3 heterocycles. The Labute approximate surface area is 214 Å². The number of non-ortho nitro benzene ring substituents is 1. The zero-order valence-electron chi connectivity index (χ0n) is 19.9. The second-order valence-corrected chi connectivity index (χ2v) is 9.23. The van der Waals surface area contributed by atoms with E-state index in [1.54, 1.807) is 44.2 Å². The lowest BCUT2D eigenvalue weighted by Crippen LogP contribution is -2.39. The molecule has 0 N–H and O–H groups in total. The molecule has 2 aromatic heterocycles. The highest BCUT2D eigenvalue weighted by Gasteiger charge is 2.33. The van der Waals surface area contributed by atoms with E-state index in [1.807, 2.05) is 30.3 Å². The first-order valence-corrected chi connectivity index (χ1v) is 12.3. The molecule has 5 rings (SSSR count). The number of aromatic nitrogens is 1. The summed E-state index contributed by atoms with van der Waals surface area (Å²) < 4.78 is 13.1. The largest absolute Gasteiger partial charge is 0.463 e. The number of benzene rings is 2. The number of furan rings is 1. The highest BCUT2D eigenvalue weighted by atomic mass is 32.1. The number of nitrogens with zero attached hydrogens (tertiary/aromatic N) is 3. The number of carbonyl (C=O) groups is 1. The van der Waals surface area contributed by atoms with Crippen molar-refractivity contribution < 1.29 is 18.9 Å². The van der Waals surface area contributed by atoms with Crippen LogP contribution in [0.2, 0.25) is 0 Å². The van der Waals surface area contributed by atoms with Crippen LogP contribution in [-0.2, 0) is 9.53 Å². The van der Waals surface area contributed by atoms with Gasteiger partial charge in [-0.1, -0.05) is 53.8 Å². The molecule has 0 fully saturated rings. The molecule has 37 heavy (non-hydrogen) atoms. The minimum atomic E-state index is -0.685. The number of nitro benzene ring substituents is 1. The van der Waals surface area contributed by atoms with Gasteiger partial charge in [0.2, 0.25) is 0 Å². The van der Waals surface area contributed by atoms with Gasteiger partial charge in [0.05, 0.1) is 33.4 Å². The molecule has 0 saturated heterocycles. The third-order valence-corrected chi connectivity index (χ3v) is 6.86. The van der Waals surface area contributed by atoms with Gasteiger partial charge in [0.15, 0.2) is 4.80 Å². The highest BCUT2D eigenvalue weighted by molar-refractivity contribution is 7.07. The Kier molecular flexibility index (Phi) is 6.41. The van der Waals surface area contributed by atoms with Gasteiger partial charge in [-0.15, -0.1) is 0 Å². The van der Waals surface area contributed by atoms with Crippen molar-refractivity contribution in [3.63, 3.8) is 0 Å². The number of allylic oxidation sites excluding steroid dienone is 1. The van der Waals surface area contributed by atoms with Gasteiger partial charge in [-0.2, -0.15) is 0 Å². The van der Waals surface area contributed by atoms with Crippen LogP contribution in [0.25, 0.3) is 17.4 Å². The maximum atomic E-state index is 13.6. The van der Waals surface area contributed by atoms with Crippen LogP contribution in [0.15, 0.2) is 92.2 Å². The van der Waals surface area contributed by atoms with E-state index in [-0.39, 0.29) is 17.9 Å². The normalized spacial score (nSPS) is 15.3. The van der Waals surface area contributed by atoms with Crippen LogP contribution in [0.5, 0.6) is 0 Å². The quantitative estimate of drug-likeness (QED) is 0.218. The number of hydrogen-bond donors (Lipinski definition) is 0. The fourth-order valence-corrected chi connectivity index (χ4v) is 5.26. The molecular weight excluding hydrogens is 494 g/mol. The second kappa shape index (κ2) is 9.82. The van der Waals surface area contributed by atoms with Crippen LogP contribution in [0.1, 0.15) is 31.2 Å². The number of thiazole rings is 1. The van der Waals surface area contributed by atoms with E-state index in [2.05, 4.69) is 4.99 Å². The Morgan fingerprint density at radius 1 is 1.19 bits per heavy atom. The average molecular weight is 516 g/mol. The standard InChI is InChI=1S/C27H21N3O6S/c1-3-35-26(32)23-16(2)28-27-29(24(23)17-8-5-4-6-9-17)25(31)22(37-27)15-20-12-13-21(36-20)18-10-7-11-19(14-18)30(33)34/h4-15,24H,3H2,1-2H3/b22-15-. The van der Waals surface area contributed by atoms with Gasteiger partial charge in [-0.25, -0.2) is 9.79 Å². The fraction of sp³-hybridized carbons (Fsp3) is 0.148. The molecule has 0 bridgehead atoms. The Hall–Kier alpha value is -4.57. The van der Waals surface area contributed by atoms with Crippen LogP contribution >= 0.6 is 11.3 Å². The molecule has 0 aliphatic carbocycles. The molecule has 0 saturated carbocycles. The van der Waals surface area contributed by atoms with Crippen LogP contribution < -0.4 is 14.9 Å². The molecule has 4 aromatic rings. The predicted molar refractivity (Wildman–Crippen MR) is 138 cm³/mol. The van der Waals surface area contributed by atoms with E-state index in [0.29, 0.717) is 37.7 Å². The van der Waals surface area contributed by atoms with Crippen molar-refractivity contribution in [1.29, 1.82) is 0 Å². The number of carbonyl (C=O) groups excluding carboxylic acids is 1. The van der Waals surface area contributed by atoms with Crippen LogP contribution in [0.3, 0.4) is 0 Å². The van der Waals surface area contributed by atoms with Crippen molar-refractivity contribution in [3.05, 3.63) is 119 Å². The van der Waals surface area contributed by atoms with E-state index in [0.717, 1.165) is 5.56 Å². The summed E-state index contributed by atoms with van der Waals surface area (Å²) in [6.45, 7) is 3.66. The number of ether oxygens (including phenoxy) is 1. The van der Waals surface area contributed by atoms with Crippen molar-refractivity contribution in [2.45, 2.75) is 19.9 Å². The van der Waals surface area contributed by atoms with E-state index in [4.69, 9.17) is 9.15 Å². The van der Waals surface area contributed by atoms with Gasteiger partial charge < -0.3 is 9.15 Å². The Morgan fingerprint density at radius 2 is 1.97 bits per heavy atom. The lowest BCUT2D eigenvalue weighted by Gasteiger charge is -2.24. The molecule has 1 atom stereocenters. The molecule has 2 aromatic carbocycles. The number of rotatable bonds is 6. The molecule has 9 nitrogen and oxygen atoms in total. The van der Waals surface area contributed by atoms with E-state index < -0.39 is 16.9 Å². The van der Waals surface area contributed by atoms with E-state index >= 15 is 0 Å². The summed E-state index contributed by atoms with van der Waals surface area (Å²) in [5, 5.41) is 11.1. The molecule has 0 spiro atoms. The summed E-state index contributed by atoms with van der Waals surface area (Å²) in [5.74, 6) is 0.328. The fourth-order valence-electron chi connectivity index (χ4n) is 4.23. The van der Waals surface area contributed by atoms with Gasteiger partial charge in [0, 0.05) is 23.8 Å². The monoisotopic (exact) mass is 515 g/mol. The maximum Gasteiger partial charge on any atom is 0.338 e. The zero-order chi connectivity index (χ0) is 26.1. The first-order valence-electron chi connectivity index (χ1n) is 11.5. The van der Waals surface area contributed by atoms with Crippen molar-refractivity contribution in [2.75, 3.05) is 6.61 Å². The first-order chi connectivity index (χ1) is 17.9. The van der Waals surface area contributed by atoms with Crippen molar-refractivity contribution in [3.8, 4) is 11.3 Å². The van der Waals surface area contributed by atoms with Crippen molar-refractivity contribution in [1.82, 2.24) is 4.57 Å². The zero-order valence-corrected chi connectivity index (χ0v) is 20.7. The summed E-state index contributed by atoms with van der Waals surface area (Å²) in [7, 11) is 0. The third-order valence-electron chi connectivity index (χ3n) is 5.87.